The van der Waals surface area contributed by atoms with Gasteiger partial charge in [0, 0.05) is 24.2 Å². The minimum Gasteiger partial charge on any atom is -0.392 e. The zero-order valence-corrected chi connectivity index (χ0v) is 13.5. The molecule has 20 heavy (non-hydrogen) atoms. The van der Waals surface area contributed by atoms with Crippen molar-refractivity contribution in [2.24, 2.45) is 5.41 Å². The Kier molecular flexibility index (Phi) is 4.10. The van der Waals surface area contributed by atoms with E-state index in [2.05, 4.69) is 39.5 Å². The van der Waals surface area contributed by atoms with Gasteiger partial charge in [-0.05, 0) is 36.0 Å². The van der Waals surface area contributed by atoms with Crippen molar-refractivity contribution in [2.45, 2.75) is 59.5 Å². The summed E-state index contributed by atoms with van der Waals surface area (Å²) in [6, 6.07) is 4.06. The Labute approximate surface area is 123 Å². The molecule has 0 spiro atoms. The fourth-order valence-corrected chi connectivity index (χ4v) is 2.55. The van der Waals surface area contributed by atoms with Crippen LogP contribution in [0.5, 0.6) is 0 Å². The van der Waals surface area contributed by atoms with Crippen molar-refractivity contribution in [2.75, 3.05) is 18.0 Å². The zero-order valence-electron chi connectivity index (χ0n) is 13.5. The van der Waals surface area contributed by atoms with E-state index in [0.29, 0.717) is 5.41 Å². The maximum Gasteiger partial charge on any atom is 0.129 e. The average Bonchev–Trinajstić information content (AvgIpc) is 2.37. The molecule has 1 aliphatic rings. The number of hydrogen-bond acceptors (Lipinski definition) is 3. The summed E-state index contributed by atoms with van der Waals surface area (Å²) < 4.78 is 0. The number of hydrogen-bond donors (Lipinski definition) is 1. The molecule has 1 aromatic heterocycles. The standard InChI is InChI=1S/C17H28N2O/c1-16(2,3)14-10-13(12-20)11-15(18-14)19-8-6-17(4,5)7-9-19/h10-11,20H,6-9,12H2,1-5H3. The predicted octanol–water partition coefficient (Wildman–Crippen LogP) is 3.50. The molecular weight excluding hydrogens is 248 g/mol. The number of aliphatic hydroxyl groups excluding tert-OH is 1. The van der Waals surface area contributed by atoms with Crippen LogP contribution in [0.1, 0.15) is 58.7 Å². The lowest BCUT2D eigenvalue weighted by Crippen LogP contribution is -2.38. The van der Waals surface area contributed by atoms with Gasteiger partial charge < -0.3 is 10.0 Å². The Morgan fingerprint density at radius 3 is 2.30 bits per heavy atom. The van der Waals surface area contributed by atoms with Gasteiger partial charge in [0.1, 0.15) is 5.82 Å². The fourth-order valence-electron chi connectivity index (χ4n) is 2.55. The van der Waals surface area contributed by atoms with E-state index in [9.17, 15) is 5.11 Å². The van der Waals surface area contributed by atoms with Crippen LogP contribution in [0.25, 0.3) is 0 Å². The normalized spacial score (nSPS) is 19.2. The Balaban J connectivity index is 2.28. The maximum atomic E-state index is 9.49. The lowest BCUT2D eigenvalue weighted by molar-refractivity contribution is 0.276. The molecular formula is C17H28N2O. The van der Waals surface area contributed by atoms with Crippen LogP contribution in [0.2, 0.25) is 0 Å². The van der Waals surface area contributed by atoms with Crippen LogP contribution in [-0.4, -0.2) is 23.2 Å². The zero-order chi connectivity index (χ0) is 15.0. The quantitative estimate of drug-likeness (QED) is 0.898. The molecule has 1 aromatic rings. The second-order valence-corrected chi connectivity index (χ2v) is 7.78. The highest BCUT2D eigenvalue weighted by molar-refractivity contribution is 5.44. The number of aromatic nitrogens is 1. The van der Waals surface area contributed by atoms with E-state index >= 15 is 0 Å². The van der Waals surface area contributed by atoms with Crippen molar-refractivity contribution in [3.63, 3.8) is 0 Å². The van der Waals surface area contributed by atoms with Crippen LogP contribution in [0.15, 0.2) is 12.1 Å². The Morgan fingerprint density at radius 2 is 1.80 bits per heavy atom. The lowest BCUT2D eigenvalue weighted by Gasteiger charge is -2.38. The highest BCUT2D eigenvalue weighted by Gasteiger charge is 2.27. The van der Waals surface area contributed by atoms with Gasteiger partial charge in [-0.3, -0.25) is 0 Å². The second kappa shape index (κ2) is 5.36. The first-order chi connectivity index (χ1) is 9.21. The molecule has 1 aliphatic heterocycles. The summed E-state index contributed by atoms with van der Waals surface area (Å²) in [4.78, 5) is 7.20. The molecule has 0 amide bonds. The molecule has 2 heterocycles. The predicted molar refractivity (Wildman–Crippen MR) is 84.1 cm³/mol. The van der Waals surface area contributed by atoms with Crippen molar-refractivity contribution in [3.05, 3.63) is 23.4 Å². The monoisotopic (exact) mass is 276 g/mol. The molecule has 0 atom stereocenters. The molecule has 0 aromatic carbocycles. The van der Waals surface area contributed by atoms with E-state index in [1.165, 1.54) is 12.8 Å². The second-order valence-electron chi connectivity index (χ2n) is 7.78. The highest BCUT2D eigenvalue weighted by atomic mass is 16.3. The number of pyridine rings is 1. The largest absolute Gasteiger partial charge is 0.392 e. The number of piperidine rings is 1. The van der Waals surface area contributed by atoms with Crippen molar-refractivity contribution in [1.82, 2.24) is 4.98 Å². The minimum absolute atomic E-state index is 0.00892. The van der Waals surface area contributed by atoms with Gasteiger partial charge in [-0.1, -0.05) is 34.6 Å². The van der Waals surface area contributed by atoms with E-state index < -0.39 is 0 Å². The van der Waals surface area contributed by atoms with Crippen LogP contribution < -0.4 is 4.90 Å². The van der Waals surface area contributed by atoms with E-state index in [1.807, 2.05) is 12.1 Å². The van der Waals surface area contributed by atoms with Crippen LogP contribution in [0.3, 0.4) is 0 Å². The molecule has 1 N–H and O–H groups in total. The van der Waals surface area contributed by atoms with Gasteiger partial charge in [-0.15, -0.1) is 0 Å². The SMILES string of the molecule is CC1(C)CCN(c2cc(CO)cc(C(C)(C)C)n2)CC1. The highest BCUT2D eigenvalue weighted by Crippen LogP contribution is 2.33. The summed E-state index contributed by atoms with van der Waals surface area (Å²) in [5.74, 6) is 1.02. The number of nitrogens with zero attached hydrogens (tertiary/aromatic N) is 2. The number of rotatable bonds is 2. The van der Waals surface area contributed by atoms with Gasteiger partial charge in [-0.2, -0.15) is 0 Å². The molecule has 3 nitrogen and oxygen atoms in total. The summed E-state index contributed by atoms with van der Waals surface area (Å²) in [5.41, 5.74) is 2.47. The van der Waals surface area contributed by atoms with Gasteiger partial charge in [0.2, 0.25) is 0 Å². The van der Waals surface area contributed by atoms with E-state index in [-0.39, 0.29) is 12.0 Å². The average molecular weight is 276 g/mol. The lowest BCUT2D eigenvalue weighted by atomic mass is 9.82. The van der Waals surface area contributed by atoms with Crippen LogP contribution >= 0.6 is 0 Å². The molecule has 3 heteroatoms. The fraction of sp³-hybridized carbons (Fsp3) is 0.706. The summed E-state index contributed by atoms with van der Waals surface area (Å²) in [6.45, 7) is 13.4. The third-order valence-electron chi connectivity index (χ3n) is 4.26. The summed E-state index contributed by atoms with van der Waals surface area (Å²) in [5, 5.41) is 9.49. The van der Waals surface area contributed by atoms with E-state index in [0.717, 1.165) is 30.2 Å². The third-order valence-corrected chi connectivity index (χ3v) is 4.26. The molecule has 0 unspecified atom stereocenters. The summed E-state index contributed by atoms with van der Waals surface area (Å²) in [7, 11) is 0. The topological polar surface area (TPSA) is 36.4 Å². The molecule has 0 aliphatic carbocycles. The molecule has 0 radical (unpaired) electrons. The van der Waals surface area contributed by atoms with Crippen molar-refractivity contribution >= 4 is 5.82 Å². The van der Waals surface area contributed by atoms with E-state index in [4.69, 9.17) is 4.98 Å². The van der Waals surface area contributed by atoms with Crippen LogP contribution in [-0.2, 0) is 12.0 Å². The smallest absolute Gasteiger partial charge is 0.129 e. The Hall–Kier alpha value is -1.09. The van der Waals surface area contributed by atoms with Crippen LogP contribution in [0.4, 0.5) is 5.82 Å². The van der Waals surface area contributed by atoms with Crippen molar-refractivity contribution in [1.29, 1.82) is 0 Å². The van der Waals surface area contributed by atoms with Crippen LogP contribution in [0, 0.1) is 5.41 Å². The van der Waals surface area contributed by atoms with Gasteiger partial charge in [0.15, 0.2) is 0 Å². The maximum absolute atomic E-state index is 9.49. The van der Waals surface area contributed by atoms with Crippen molar-refractivity contribution < 1.29 is 5.11 Å². The van der Waals surface area contributed by atoms with Gasteiger partial charge >= 0.3 is 0 Å². The summed E-state index contributed by atoms with van der Waals surface area (Å²) in [6.07, 6.45) is 2.39. The number of anilines is 1. The number of aliphatic hydroxyl groups is 1. The first-order valence-corrected chi connectivity index (χ1v) is 7.58. The molecule has 1 fully saturated rings. The first-order valence-electron chi connectivity index (χ1n) is 7.58. The molecule has 1 saturated heterocycles. The molecule has 0 saturated carbocycles. The van der Waals surface area contributed by atoms with E-state index in [1.54, 1.807) is 0 Å². The van der Waals surface area contributed by atoms with Gasteiger partial charge in [0.05, 0.1) is 6.61 Å². The van der Waals surface area contributed by atoms with Crippen molar-refractivity contribution in [3.8, 4) is 0 Å². The first kappa shape index (κ1) is 15.3. The van der Waals surface area contributed by atoms with Gasteiger partial charge in [0.25, 0.3) is 0 Å². The minimum atomic E-state index is 0.00892. The van der Waals surface area contributed by atoms with Gasteiger partial charge in [-0.25, -0.2) is 4.98 Å². The molecule has 2 rings (SSSR count). The third kappa shape index (κ3) is 3.51. The molecule has 0 bridgehead atoms. The Bertz CT molecular complexity index is 464. The summed E-state index contributed by atoms with van der Waals surface area (Å²) >= 11 is 0. The Morgan fingerprint density at radius 1 is 1.20 bits per heavy atom. The molecule has 112 valence electrons.